The summed E-state index contributed by atoms with van der Waals surface area (Å²) in [7, 11) is 0. The first-order valence-electron chi connectivity index (χ1n) is 11.1. The highest BCUT2D eigenvalue weighted by Crippen LogP contribution is 2.64. The number of nitrogens with one attached hydrogen (secondary N) is 2. The number of hydrogen-bond acceptors (Lipinski definition) is 2. The summed E-state index contributed by atoms with van der Waals surface area (Å²) in [5, 5.41) is 6.58. The van der Waals surface area contributed by atoms with Gasteiger partial charge in [0.2, 0.25) is 11.8 Å². The summed E-state index contributed by atoms with van der Waals surface area (Å²) in [6.07, 6.45) is 8.77. The molecule has 0 radical (unpaired) electrons. The van der Waals surface area contributed by atoms with Gasteiger partial charge in [-0.1, -0.05) is 13.8 Å². The van der Waals surface area contributed by atoms with Crippen LogP contribution in [0.15, 0.2) is 0 Å². The standard InChI is InChI=1S/C23H38N2O2/c1-21(2,3)25-20(27)16-8-7-15-12-14-6-9-18-22(4,11-10-19(26)24-18)17(14)13-23(15,16)5/h14-18H,6-13H2,1-5H3,(H,24,26)(H,25,27)/t14-,15+,16+,17-,18-,22-,23+/m0/s1. The van der Waals surface area contributed by atoms with Crippen LogP contribution in [0, 0.1) is 34.5 Å². The number of fused-ring (bicyclic) bond motifs is 4. The highest BCUT2D eigenvalue weighted by Gasteiger charge is 2.60. The molecule has 0 spiro atoms. The van der Waals surface area contributed by atoms with Gasteiger partial charge < -0.3 is 10.6 Å². The van der Waals surface area contributed by atoms with Gasteiger partial charge in [0.1, 0.15) is 0 Å². The summed E-state index contributed by atoms with van der Waals surface area (Å²) in [5.41, 5.74) is 0.152. The maximum atomic E-state index is 13.1. The molecule has 0 bridgehead atoms. The van der Waals surface area contributed by atoms with Crippen LogP contribution in [0.25, 0.3) is 0 Å². The minimum atomic E-state index is -0.168. The molecule has 2 amide bonds. The minimum absolute atomic E-state index is 0.114. The first-order valence-corrected chi connectivity index (χ1v) is 11.1. The zero-order valence-electron chi connectivity index (χ0n) is 17.9. The molecule has 1 aliphatic heterocycles. The quantitative estimate of drug-likeness (QED) is 0.728. The van der Waals surface area contributed by atoms with Crippen LogP contribution in [0.5, 0.6) is 0 Å². The molecule has 4 heteroatoms. The van der Waals surface area contributed by atoms with Crippen molar-refractivity contribution in [1.29, 1.82) is 0 Å². The van der Waals surface area contributed by atoms with E-state index in [-0.39, 0.29) is 34.1 Å². The van der Waals surface area contributed by atoms with Crippen LogP contribution in [0.4, 0.5) is 0 Å². The van der Waals surface area contributed by atoms with Gasteiger partial charge in [0.15, 0.2) is 0 Å². The van der Waals surface area contributed by atoms with Crippen LogP contribution in [0.1, 0.15) is 86.0 Å². The molecule has 0 aromatic rings. The lowest BCUT2D eigenvalue weighted by atomic mass is 9.47. The van der Waals surface area contributed by atoms with E-state index < -0.39 is 0 Å². The average molecular weight is 375 g/mol. The number of piperidine rings is 1. The highest BCUT2D eigenvalue weighted by atomic mass is 16.2. The first kappa shape index (κ1) is 19.3. The Bertz CT molecular complexity index is 639. The number of hydrogen-bond donors (Lipinski definition) is 2. The van der Waals surface area contributed by atoms with Crippen LogP contribution in [0.3, 0.4) is 0 Å². The number of carbonyl (C=O) groups excluding carboxylic acids is 2. The Hall–Kier alpha value is -1.06. The molecule has 4 aliphatic rings. The Labute approximate surface area is 164 Å². The predicted molar refractivity (Wildman–Crippen MR) is 107 cm³/mol. The molecule has 4 rings (SSSR count). The van der Waals surface area contributed by atoms with Gasteiger partial charge in [-0.05, 0) is 94.3 Å². The molecule has 2 N–H and O–H groups in total. The molecule has 1 heterocycles. The average Bonchev–Trinajstić information content (AvgIpc) is 2.89. The second kappa shape index (κ2) is 6.22. The molecular weight excluding hydrogens is 336 g/mol. The molecule has 3 aliphatic carbocycles. The Balaban J connectivity index is 1.59. The Morgan fingerprint density at radius 2 is 1.85 bits per heavy atom. The predicted octanol–water partition coefficient (Wildman–Crippen LogP) is 4.04. The fraction of sp³-hybridized carbons (Fsp3) is 0.913. The van der Waals surface area contributed by atoms with Gasteiger partial charge in [0.05, 0.1) is 0 Å². The third kappa shape index (κ3) is 3.11. The van der Waals surface area contributed by atoms with E-state index >= 15 is 0 Å². The zero-order chi connectivity index (χ0) is 19.6. The second-order valence-corrected chi connectivity index (χ2v) is 11.6. The Morgan fingerprint density at radius 1 is 1.11 bits per heavy atom. The van der Waals surface area contributed by atoms with Crippen molar-refractivity contribution in [3.05, 3.63) is 0 Å². The molecular formula is C23H38N2O2. The molecule has 152 valence electrons. The molecule has 7 atom stereocenters. The number of amides is 2. The van der Waals surface area contributed by atoms with Crippen LogP contribution >= 0.6 is 0 Å². The number of rotatable bonds is 1. The van der Waals surface area contributed by atoms with Gasteiger partial charge in [-0.3, -0.25) is 9.59 Å². The van der Waals surface area contributed by atoms with Gasteiger partial charge in [-0.15, -0.1) is 0 Å². The van der Waals surface area contributed by atoms with Crippen molar-refractivity contribution in [2.45, 2.75) is 97.6 Å². The first-order chi connectivity index (χ1) is 12.5. The molecule has 27 heavy (non-hydrogen) atoms. The molecule has 0 unspecified atom stereocenters. The molecule has 4 nitrogen and oxygen atoms in total. The van der Waals surface area contributed by atoms with Gasteiger partial charge >= 0.3 is 0 Å². The van der Waals surface area contributed by atoms with Crippen LogP contribution < -0.4 is 10.6 Å². The van der Waals surface area contributed by atoms with E-state index in [0.29, 0.717) is 24.3 Å². The summed E-state index contributed by atoms with van der Waals surface area (Å²) in [4.78, 5) is 25.1. The Morgan fingerprint density at radius 3 is 2.56 bits per heavy atom. The lowest BCUT2D eigenvalue weighted by molar-refractivity contribution is -0.140. The van der Waals surface area contributed by atoms with Crippen molar-refractivity contribution >= 4 is 11.8 Å². The number of carbonyl (C=O) groups is 2. The van der Waals surface area contributed by atoms with Gasteiger partial charge in [-0.2, -0.15) is 0 Å². The smallest absolute Gasteiger partial charge is 0.224 e. The molecule has 0 aromatic heterocycles. The Kier molecular flexibility index (Phi) is 4.44. The van der Waals surface area contributed by atoms with Crippen molar-refractivity contribution in [2.24, 2.45) is 34.5 Å². The zero-order valence-corrected chi connectivity index (χ0v) is 17.9. The third-order valence-electron chi connectivity index (χ3n) is 8.86. The fourth-order valence-corrected chi connectivity index (χ4v) is 7.37. The normalized spacial score (nSPS) is 46.7. The van der Waals surface area contributed by atoms with Crippen molar-refractivity contribution in [1.82, 2.24) is 10.6 Å². The van der Waals surface area contributed by atoms with Crippen LogP contribution in [0.2, 0.25) is 0 Å². The highest BCUT2D eigenvalue weighted by molar-refractivity contribution is 5.80. The SMILES string of the molecule is CC(C)(C)NC(=O)[C@H]1CC[C@@H]2C[C@@H]3CC[C@@H]4NC(=O)CC[C@@]4(C)[C@H]3C[C@]21C. The van der Waals surface area contributed by atoms with Crippen molar-refractivity contribution in [2.75, 3.05) is 0 Å². The largest absolute Gasteiger partial charge is 0.353 e. The van der Waals surface area contributed by atoms with Crippen molar-refractivity contribution in [3.8, 4) is 0 Å². The van der Waals surface area contributed by atoms with Gasteiger partial charge in [0, 0.05) is 23.9 Å². The van der Waals surface area contributed by atoms with E-state index in [4.69, 9.17) is 0 Å². The summed E-state index contributed by atoms with van der Waals surface area (Å²) in [6, 6.07) is 0.336. The maximum Gasteiger partial charge on any atom is 0.224 e. The molecule has 3 saturated carbocycles. The van der Waals surface area contributed by atoms with E-state index in [9.17, 15) is 9.59 Å². The van der Waals surface area contributed by atoms with E-state index in [0.717, 1.165) is 31.6 Å². The lowest BCUT2D eigenvalue weighted by Crippen LogP contribution is -2.61. The van der Waals surface area contributed by atoms with Crippen molar-refractivity contribution in [3.63, 3.8) is 0 Å². The molecule has 0 aromatic carbocycles. The van der Waals surface area contributed by atoms with Crippen molar-refractivity contribution < 1.29 is 9.59 Å². The topological polar surface area (TPSA) is 58.2 Å². The lowest BCUT2D eigenvalue weighted by Gasteiger charge is -2.59. The van der Waals surface area contributed by atoms with Gasteiger partial charge in [0.25, 0.3) is 0 Å². The fourth-order valence-electron chi connectivity index (χ4n) is 7.37. The summed E-state index contributed by atoms with van der Waals surface area (Å²) in [5.74, 6) is 2.75. The van der Waals surface area contributed by atoms with Crippen LogP contribution in [-0.4, -0.2) is 23.4 Å². The summed E-state index contributed by atoms with van der Waals surface area (Å²) in [6.45, 7) is 11.1. The molecule has 4 fully saturated rings. The second-order valence-electron chi connectivity index (χ2n) is 11.6. The van der Waals surface area contributed by atoms with E-state index in [1.54, 1.807) is 0 Å². The maximum absolute atomic E-state index is 13.1. The monoisotopic (exact) mass is 374 g/mol. The summed E-state index contributed by atoms with van der Waals surface area (Å²) >= 11 is 0. The van der Waals surface area contributed by atoms with E-state index in [1.165, 1.54) is 19.3 Å². The van der Waals surface area contributed by atoms with E-state index in [2.05, 4.69) is 45.3 Å². The van der Waals surface area contributed by atoms with E-state index in [1.807, 2.05) is 0 Å². The van der Waals surface area contributed by atoms with Gasteiger partial charge in [-0.25, -0.2) is 0 Å². The minimum Gasteiger partial charge on any atom is -0.353 e. The third-order valence-corrected chi connectivity index (χ3v) is 8.86. The summed E-state index contributed by atoms with van der Waals surface area (Å²) < 4.78 is 0. The van der Waals surface area contributed by atoms with Crippen LogP contribution in [-0.2, 0) is 9.59 Å². The molecule has 1 saturated heterocycles.